The molecular formula is C15H21FN2O. The Balaban J connectivity index is 1.93. The molecule has 19 heavy (non-hydrogen) atoms. The van der Waals surface area contributed by atoms with Gasteiger partial charge in [0.2, 0.25) is 0 Å². The van der Waals surface area contributed by atoms with E-state index >= 15 is 0 Å². The van der Waals surface area contributed by atoms with Crippen molar-refractivity contribution in [1.29, 1.82) is 5.41 Å². The maximum absolute atomic E-state index is 13.8. The Kier molecular flexibility index (Phi) is 4.91. The summed E-state index contributed by atoms with van der Waals surface area (Å²) in [4.78, 5) is 0. The minimum atomic E-state index is -0.346. The van der Waals surface area contributed by atoms with Crippen LogP contribution in [0.1, 0.15) is 49.7 Å². The highest BCUT2D eigenvalue weighted by atomic mass is 19.1. The molecule has 1 fully saturated rings. The quantitative estimate of drug-likeness (QED) is 0.498. The van der Waals surface area contributed by atoms with E-state index in [1.54, 1.807) is 12.1 Å². The van der Waals surface area contributed by atoms with Gasteiger partial charge in [-0.3, -0.25) is 5.41 Å². The molecule has 1 aromatic carbocycles. The van der Waals surface area contributed by atoms with E-state index in [1.165, 1.54) is 31.7 Å². The molecule has 2 rings (SSSR count). The van der Waals surface area contributed by atoms with Gasteiger partial charge in [-0.1, -0.05) is 37.8 Å². The zero-order chi connectivity index (χ0) is 13.7. The van der Waals surface area contributed by atoms with E-state index in [2.05, 4.69) is 0 Å². The third-order valence-corrected chi connectivity index (χ3v) is 3.64. The van der Waals surface area contributed by atoms with Crippen molar-refractivity contribution in [3.8, 4) is 0 Å². The fourth-order valence-electron chi connectivity index (χ4n) is 2.45. The first-order valence-electron chi connectivity index (χ1n) is 6.91. The molecule has 0 bridgehead atoms. The van der Waals surface area contributed by atoms with Gasteiger partial charge in [0.05, 0.1) is 12.7 Å². The standard InChI is InChI=1S/C15H21FN2O/c16-14-9-11(15(17)18)7-8-12(14)10-19-13-5-3-1-2-4-6-13/h7-9,13H,1-6,10H2,(H3,17,18). The molecule has 0 aliphatic heterocycles. The van der Waals surface area contributed by atoms with Crippen LogP contribution >= 0.6 is 0 Å². The van der Waals surface area contributed by atoms with Crippen LogP contribution in [0.25, 0.3) is 0 Å². The molecule has 104 valence electrons. The van der Waals surface area contributed by atoms with E-state index in [0.717, 1.165) is 12.8 Å². The summed E-state index contributed by atoms with van der Waals surface area (Å²) in [5.41, 5.74) is 6.28. The van der Waals surface area contributed by atoms with Gasteiger partial charge in [0.15, 0.2) is 0 Å². The summed E-state index contributed by atoms with van der Waals surface area (Å²) >= 11 is 0. The number of halogens is 1. The summed E-state index contributed by atoms with van der Waals surface area (Å²) in [5, 5.41) is 7.27. The highest BCUT2D eigenvalue weighted by molar-refractivity contribution is 5.94. The number of benzene rings is 1. The van der Waals surface area contributed by atoms with Crippen LogP contribution < -0.4 is 5.73 Å². The van der Waals surface area contributed by atoms with Crippen molar-refractivity contribution in [2.45, 2.75) is 51.2 Å². The smallest absolute Gasteiger partial charge is 0.129 e. The van der Waals surface area contributed by atoms with Gasteiger partial charge in [0.25, 0.3) is 0 Å². The number of rotatable bonds is 4. The van der Waals surface area contributed by atoms with E-state index in [-0.39, 0.29) is 17.8 Å². The fourth-order valence-corrected chi connectivity index (χ4v) is 2.45. The highest BCUT2D eigenvalue weighted by Crippen LogP contribution is 2.21. The predicted octanol–water partition coefficient (Wildman–Crippen LogP) is 3.35. The van der Waals surface area contributed by atoms with Crippen molar-refractivity contribution in [2.75, 3.05) is 0 Å². The van der Waals surface area contributed by atoms with Crippen molar-refractivity contribution in [3.05, 3.63) is 35.1 Å². The van der Waals surface area contributed by atoms with Crippen LogP contribution in [0.5, 0.6) is 0 Å². The molecule has 0 unspecified atom stereocenters. The molecule has 0 amide bonds. The van der Waals surface area contributed by atoms with Crippen LogP contribution in [0.2, 0.25) is 0 Å². The molecule has 4 heteroatoms. The second kappa shape index (κ2) is 6.66. The van der Waals surface area contributed by atoms with Crippen molar-refractivity contribution < 1.29 is 9.13 Å². The SMILES string of the molecule is N=C(N)c1ccc(COC2CCCCCC2)c(F)c1. The van der Waals surface area contributed by atoms with Crippen LogP contribution in [0.3, 0.4) is 0 Å². The molecule has 0 aromatic heterocycles. The molecule has 0 spiro atoms. The number of nitrogens with two attached hydrogens (primary N) is 1. The Hall–Kier alpha value is -1.42. The van der Waals surface area contributed by atoms with Crippen LogP contribution in [0.4, 0.5) is 4.39 Å². The van der Waals surface area contributed by atoms with E-state index in [9.17, 15) is 4.39 Å². The van der Waals surface area contributed by atoms with Gasteiger partial charge in [-0.15, -0.1) is 0 Å². The molecule has 0 saturated heterocycles. The summed E-state index contributed by atoms with van der Waals surface area (Å²) in [5.74, 6) is -0.462. The number of nitrogens with one attached hydrogen (secondary N) is 1. The topological polar surface area (TPSA) is 59.1 Å². The number of hydrogen-bond donors (Lipinski definition) is 2. The Bertz CT molecular complexity index is 440. The first-order valence-corrected chi connectivity index (χ1v) is 6.91. The highest BCUT2D eigenvalue weighted by Gasteiger charge is 2.14. The van der Waals surface area contributed by atoms with Crippen LogP contribution in [-0.2, 0) is 11.3 Å². The third-order valence-electron chi connectivity index (χ3n) is 3.64. The molecule has 1 aliphatic carbocycles. The van der Waals surface area contributed by atoms with Gasteiger partial charge in [0, 0.05) is 11.1 Å². The van der Waals surface area contributed by atoms with Crippen molar-refractivity contribution in [3.63, 3.8) is 0 Å². The number of amidine groups is 1. The van der Waals surface area contributed by atoms with Crippen molar-refractivity contribution in [2.24, 2.45) is 5.73 Å². The van der Waals surface area contributed by atoms with Crippen molar-refractivity contribution >= 4 is 5.84 Å². The Labute approximate surface area is 113 Å². The second-order valence-electron chi connectivity index (χ2n) is 5.14. The minimum absolute atomic E-state index is 0.116. The largest absolute Gasteiger partial charge is 0.384 e. The van der Waals surface area contributed by atoms with E-state index < -0.39 is 0 Å². The van der Waals surface area contributed by atoms with Gasteiger partial charge < -0.3 is 10.5 Å². The van der Waals surface area contributed by atoms with E-state index in [0.29, 0.717) is 17.7 Å². The molecule has 3 N–H and O–H groups in total. The lowest BCUT2D eigenvalue weighted by Gasteiger charge is -2.15. The lowest BCUT2D eigenvalue weighted by molar-refractivity contribution is 0.0295. The molecule has 1 aromatic rings. The van der Waals surface area contributed by atoms with Gasteiger partial charge in [-0.25, -0.2) is 4.39 Å². The lowest BCUT2D eigenvalue weighted by Crippen LogP contribution is -2.14. The third kappa shape index (κ3) is 4.03. The molecule has 0 heterocycles. The Morgan fingerprint density at radius 2 is 1.95 bits per heavy atom. The summed E-state index contributed by atoms with van der Waals surface area (Å²) in [6.07, 6.45) is 7.38. The van der Waals surface area contributed by atoms with Gasteiger partial charge >= 0.3 is 0 Å². The van der Waals surface area contributed by atoms with E-state index in [1.807, 2.05) is 0 Å². The predicted molar refractivity (Wildman–Crippen MR) is 73.7 cm³/mol. The fraction of sp³-hybridized carbons (Fsp3) is 0.533. The van der Waals surface area contributed by atoms with Crippen LogP contribution in [-0.4, -0.2) is 11.9 Å². The first-order chi connectivity index (χ1) is 9.16. The van der Waals surface area contributed by atoms with Crippen LogP contribution in [0, 0.1) is 11.2 Å². The molecule has 1 saturated carbocycles. The molecule has 1 aliphatic rings. The molecular weight excluding hydrogens is 243 g/mol. The Morgan fingerprint density at radius 3 is 2.53 bits per heavy atom. The zero-order valence-electron chi connectivity index (χ0n) is 11.1. The van der Waals surface area contributed by atoms with Gasteiger partial charge in [-0.05, 0) is 18.9 Å². The molecule has 3 nitrogen and oxygen atoms in total. The number of nitrogen functional groups attached to an aromatic ring is 1. The summed E-state index contributed by atoms with van der Waals surface area (Å²) in [6, 6.07) is 4.62. The monoisotopic (exact) mass is 264 g/mol. The maximum Gasteiger partial charge on any atom is 0.129 e. The second-order valence-corrected chi connectivity index (χ2v) is 5.14. The Morgan fingerprint density at radius 1 is 1.26 bits per heavy atom. The number of ether oxygens (including phenoxy) is 1. The summed E-state index contributed by atoms with van der Waals surface area (Å²) < 4.78 is 19.6. The minimum Gasteiger partial charge on any atom is -0.384 e. The average Bonchev–Trinajstić information content (AvgIpc) is 2.65. The average molecular weight is 264 g/mol. The molecule has 0 radical (unpaired) electrons. The molecule has 0 atom stereocenters. The first kappa shape index (κ1) is 14.0. The van der Waals surface area contributed by atoms with Gasteiger partial charge in [0.1, 0.15) is 11.7 Å². The van der Waals surface area contributed by atoms with E-state index in [4.69, 9.17) is 15.9 Å². The summed E-state index contributed by atoms with van der Waals surface area (Å²) in [7, 11) is 0. The number of hydrogen-bond acceptors (Lipinski definition) is 2. The lowest BCUT2D eigenvalue weighted by atomic mass is 10.1. The van der Waals surface area contributed by atoms with Gasteiger partial charge in [-0.2, -0.15) is 0 Å². The van der Waals surface area contributed by atoms with Crippen LogP contribution in [0.15, 0.2) is 18.2 Å². The summed E-state index contributed by atoms with van der Waals surface area (Å²) in [6.45, 7) is 0.300. The zero-order valence-corrected chi connectivity index (χ0v) is 11.1. The van der Waals surface area contributed by atoms with Crippen molar-refractivity contribution in [1.82, 2.24) is 0 Å². The maximum atomic E-state index is 13.8. The normalized spacial score (nSPS) is 17.1.